The minimum Gasteiger partial charge on any atom is -0.399 e. The number of hydrogen-bond acceptors (Lipinski definition) is 11. The van der Waals surface area contributed by atoms with Crippen LogP contribution in [0.1, 0.15) is 77.3 Å². The first kappa shape index (κ1) is 39.2. The lowest BCUT2D eigenvalue weighted by Crippen LogP contribution is -2.52. The fourth-order valence-corrected chi connectivity index (χ4v) is 9.00. The lowest BCUT2D eigenvalue weighted by Gasteiger charge is -2.43. The van der Waals surface area contributed by atoms with Gasteiger partial charge in [-0.3, -0.25) is 9.48 Å². The Morgan fingerprint density at radius 3 is 2.38 bits per heavy atom. The molecule has 4 aromatic heterocycles. The van der Waals surface area contributed by atoms with Crippen LogP contribution in [0.5, 0.6) is 0 Å². The number of rotatable bonds is 10. The molecule has 0 radical (unpaired) electrons. The molecule has 1 aromatic carbocycles. The highest BCUT2D eigenvalue weighted by atomic mass is 19.1. The van der Waals surface area contributed by atoms with Crippen LogP contribution in [0.3, 0.4) is 0 Å². The average molecular weight is 789 g/mol. The minimum atomic E-state index is -0.815. The fraction of sp³-hybridized carbons (Fsp3) is 0.488. The Hall–Kier alpha value is -5.59. The number of pyridine rings is 1. The molecule has 3 aliphatic heterocycles. The Morgan fingerprint density at radius 2 is 1.72 bits per heavy atom. The number of fused-ring (bicyclic) bond motifs is 1. The van der Waals surface area contributed by atoms with Crippen molar-refractivity contribution in [2.24, 2.45) is 5.41 Å². The average Bonchev–Trinajstić information content (AvgIpc) is 3.89. The molecule has 1 amide bonds. The molecule has 0 unspecified atom stereocenters. The van der Waals surface area contributed by atoms with Crippen LogP contribution < -0.4 is 20.9 Å². The van der Waals surface area contributed by atoms with E-state index in [1.54, 1.807) is 29.0 Å². The number of nitrogens with zero attached hydrogens (tertiary/aromatic N) is 10. The Morgan fingerprint density at radius 1 is 0.983 bits per heavy atom. The number of hydrogen-bond donors (Lipinski definition) is 3. The second kappa shape index (κ2) is 16.0. The van der Waals surface area contributed by atoms with Gasteiger partial charge in [-0.2, -0.15) is 15.5 Å². The maximum atomic E-state index is 14.5. The van der Waals surface area contributed by atoms with Gasteiger partial charge in [-0.1, -0.05) is 6.92 Å². The molecule has 0 aliphatic carbocycles. The Labute approximate surface area is 338 Å². The molecular formula is C43H53FN12O2. The minimum absolute atomic E-state index is 0.110. The Bertz CT molecular complexity index is 2290. The van der Waals surface area contributed by atoms with Crippen LogP contribution in [-0.4, -0.2) is 103 Å². The molecule has 7 heterocycles. The molecule has 0 saturated carbocycles. The number of nitrogens with two attached hydrogens (primary N) is 1. The van der Waals surface area contributed by atoms with Gasteiger partial charge >= 0.3 is 0 Å². The van der Waals surface area contributed by atoms with Crippen LogP contribution in [0.4, 0.5) is 21.6 Å². The van der Waals surface area contributed by atoms with Gasteiger partial charge in [-0.25, -0.2) is 18.9 Å². The molecule has 3 saturated heterocycles. The molecule has 5 aromatic rings. The normalized spacial score (nSPS) is 18.8. The predicted molar refractivity (Wildman–Crippen MR) is 222 cm³/mol. The highest BCUT2D eigenvalue weighted by Crippen LogP contribution is 2.38. The monoisotopic (exact) mass is 788 g/mol. The van der Waals surface area contributed by atoms with Crippen LogP contribution in [0.2, 0.25) is 0 Å². The summed E-state index contributed by atoms with van der Waals surface area (Å²) in [6, 6.07) is 11.3. The molecule has 15 heteroatoms. The summed E-state index contributed by atoms with van der Waals surface area (Å²) < 4.78 is 18.3. The molecule has 0 bridgehead atoms. The van der Waals surface area contributed by atoms with Crippen LogP contribution >= 0.6 is 0 Å². The van der Waals surface area contributed by atoms with Crippen LogP contribution in [0, 0.1) is 22.6 Å². The maximum Gasteiger partial charge on any atom is 0.226 e. The Kier molecular flexibility index (Phi) is 10.8. The van der Waals surface area contributed by atoms with Crippen molar-refractivity contribution in [3.05, 3.63) is 72.7 Å². The summed E-state index contributed by atoms with van der Waals surface area (Å²) in [6.07, 6.45) is 14.3. The number of β-amino-alcohol motifs (C(OH)–C–C–N with tert-alkyl or cyclic N) is 1. The summed E-state index contributed by atoms with van der Waals surface area (Å²) in [5, 5.41) is 33.9. The number of anilines is 3. The lowest BCUT2D eigenvalue weighted by atomic mass is 9.75. The predicted octanol–water partition coefficient (Wildman–Crippen LogP) is 5.44. The third-order valence-corrected chi connectivity index (χ3v) is 12.6. The van der Waals surface area contributed by atoms with Crippen molar-refractivity contribution >= 4 is 28.6 Å². The summed E-state index contributed by atoms with van der Waals surface area (Å²) in [5.41, 5.74) is 9.46. The molecule has 3 aliphatic rings. The number of carbonyl (C=O) groups excluding carboxylic acids is 1. The second-order valence-electron chi connectivity index (χ2n) is 16.7. The third-order valence-electron chi connectivity index (χ3n) is 12.6. The molecule has 4 N–H and O–H groups in total. The van der Waals surface area contributed by atoms with E-state index in [1.807, 2.05) is 54.2 Å². The largest absolute Gasteiger partial charge is 0.399 e. The van der Waals surface area contributed by atoms with Gasteiger partial charge < -0.3 is 30.9 Å². The van der Waals surface area contributed by atoms with Crippen molar-refractivity contribution in [2.75, 3.05) is 61.3 Å². The molecular weight excluding hydrogens is 736 g/mol. The fourth-order valence-electron chi connectivity index (χ4n) is 9.00. The third kappa shape index (κ3) is 7.82. The van der Waals surface area contributed by atoms with E-state index < -0.39 is 5.60 Å². The van der Waals surface area contributed by atoms with Gasteiger partial charge in [-0.05, 0) is 89.1 Å². The molecule has 8 rings (SSSR count). The van der Waals surface area contributed by atoms with E-state index in [1.165, 1.54) is 6.07 Å². The zero-order valence-electron chi connectivity index (χ0n) is 33.6. The quantitative estimate of drug-likeness (QED) is 0.154. The van der Waals surface area contributed by atoms with Gasteiger partial charge in [0.15, 0.2) is 0 Å². The zero-order valence-corrected chi connectivity index (χ0v) is 33.6. The van der Waals surface area contributed by atoms with Crippen molar-refractivity contribution in [1.82, 2.24) is 39.6 Å². The molecule has 0 spiro atoms. The number of nitrogens with one attached hydrogen (secondary N) is 1. The second-order valence-corrected chi connectivity index (χ2v) is 16.7. The van der Waals surface area contributed by atoms with E-state index in [-0.39, 0.29) is 29.2 Å². The molecule has 0 atom stereocenters. The summed E-state index contributed by atoms with van der Waals surface area (Å²) in [7, 11) is 0. The highest BCUT2D eigenvalue weighted by Gasteiger charge is 2.40. The first-order valence-corrected chi connectivity index (χ1v) is 20.6. The number of aromatic nitrogens is 6. The SMILES string of the molecule is CCC1(C(=O)NC(C)C)CCN(c2ccc(-c3nc(-c4cnn(C5CCN(CC6(O)CCN(c7ccc(N)cc7F)CC6)CC5)c4)cn4ncc(C#N)c34)cn2)CC1. The number of benzene rings is 1. The number of aliphatic hydroxyl groups is 1. The van der Waals surface area contributed by atoms with Crippen molar-refractivity contribution in [2.45, 2.75) is 83.4 Å². The van der Waals surface area contributed by atoms with Gasteiger partial charge in [0.1, 0.15) is 28.8 Å². The standard InChI is InChI=1S/C43H53FN12O2/c1-4-42(41(57)50-29(2)3)11-17-54(18-12-42)38-8-5-30(23-47-38)39-40-31(22-45)24-49-56(40)27-36(51-39)32-25-48-55(26-32)34-9-15-52(16-10-34)28-43(58)13-19-53(20-14-43)37-7-6-33(46)21-35(37)44/h5-8,21,23-27,29,34,58H,4,9-20,28,46H2,1-3H3,(H,50,57). The maximum absolute atomic E-state index is 14.5. The first-order valence-electron chi connectivity index (χ1n) is 20.6. The highest BCUT2D eigenvalue weighted by molar-refractivity contribution is 5.84. The molecule has 3 fully saturated rings. The van der Waals surface area contributed by atoms with E-state index in [0.717, 1.165) is 75.2 Å². The number of halogens is 1. The first-order chi connectivity index (χ1) is 28.0. The smallest absolute Gasteiger partial charge is 0.226 e. The van der Waals surface area contributed by atoms with E-state index in [4.69, 9.17) is 20.8 Å². The molecule has 304 valence electrons. The number of nitrogen functional groups attached to an aromatic ring is 1. The van der Waals surface area contributed by atoms with E-state index >= 15 is 0 Å². The van der Waals surface area contributed by atoms with Gasteiger partial charge in [0, 0.05) is 81.1 Å². The van der Waals surface area contributed by atoms with Gasteiger partial charge in [-0.15, -0.1) is 0 Å². The molecule has 14 nitrogen and oxygen atoms in total. The van der Waals surface area contributed by atoms with Crippen LogP contribution in [-0.2, 0) is 4.79 Å². The lowest BCUT2D eigenvalue weighted by molar-refractivity contribution is -0.133. The topological polar surface area (TPSA) is 170 Å². The van der Waals surface area contributed by atoms with Crippen LogP contribution in [0.25, 0.3) is 28.0 Å². The van der Waals surface area contributed by atoms with Crippen molar-refractivity contribution in [3.63, 3.8) is 0 Å². The van der Waals surface area contributed by atoms with E-state index in [9.17, 15) is 19.6 Å². The van der Waals surface area contributed by atoms with Crippen molar-refractivity contribution in [1.29, 1.82) is 5.26 Å². The number of nitriles is 1. The Balaban J connectivity index is 0.921. The number of likely N-dealkylation sites (tertiary alicyclic amines) is 1. The van der Waals surface area contributed by atoms with Crippen LogP contribution in [0.15, 0.2) is 61.3 Å². The summed E-state index contributed by atoms with van der Waals surface area (Å²) in [5.74, 6) is 0.659. The van der Waals surface area contributed by atoms with Gasteiger partial charge in [0.25, 0.3) is 0 Å². The summed E-state index contributed by atoms with van der Waals surface area (Å²) in [6.45, 7) is 11.0. The van der Waals surface area contributed by atoms with Gasteiger partial charge in [0.05, 0.1) is 52.7 Å². The molecule has 58 heavy (non-hydrogen) atoms. The van der Waals surface area contributed by atoms with E-state index in [2.05, 4.69) is 33.2 Å². The number of amides is 1. The summed E-state index contributed by atoms with van der Waals surface area (Å²) in [4.78, 5) is 29.6. The zero-order chi connectivity index (χ0) is 40.6. The van der Waals surface area contributed by atoms with Crippen molar-refractivity contribution in [3.8, 4) is 28.6 Å². The van der Waals surface area contributed by atoms with Gasteiger partial charge in [0.2, 0.25) is 5.91 Å². The van der Waals surface area contributed by atoms with Crippen molar-refractivity contribution < 1.29 is 14.3 Å². The van der Waals surface area contributed by atoms with E-state index in [0.29, 0.717) is 66.3 Å². The summed E-state index contributed by atoms with van der Waals surface area (Å²) >= 11 is 0. The number of carbonyl (C=O) groups is 1. The number of piperidine rings is 3.